The number of hydrogen-bond acceptors (Lipinski definition) is 3. The Kier molecular flexibility index (Phi) is 3.85. The average Bonchev–Trinajstić information content (AvgIpc) is 3.12. The number of hydrogen-bond donors (Lipinski definition) is 0. The van der Waals surface area contributed by atoms with Crippen LogP contribution >= 0.6 is 0 Å². The minimum absolute atomic E-state index is 0.0577. The Hall–Kier alpha value is -1.85. The van der Waals surface area contributed by atoms with Gasteiger partial charge in [0.15, 0.2) is 0 Å². The third-order valence-electron chi connectivity index (χ3n) is 4.87. The molecule has 3 aromatic rings. The Balaban J connectivity index is 1.74. The van der Waals surface area contributed by atoms with E-state index >= 15 is 0 Å². The second-order valence-corrected chi connectivity index (χ2v) is 7.64. The van der Waals surface area contributed by atoms with Crippen LogP contribution in [0.2, 0.25) is 0 Å². The van der Waals surface area contributed by atoms with Crippen LogP contribution in [0.15, 0.2) is 30.5 Å². The lowest BCUT2D eigenvalue weighted by molar-refractivity contribution is 0.0366. The van der Waals surface area contributed by atoms with E-state index in [0.29, 0.717) is 0 Å². The molecule has 5 heteroatoms. The SMILES string of the molecule is CC(C)(C)c1cn2c3ccccc3n(CCN3CCOCC3)c2n1. The molecular weight excluding hydrogens is 300 g/mol. The zero-order chi connectivity index (χ0) is 16.7. The first kappa shape index (κ1) is 15.7. The van der Waals surface area contributed by atoms with E-state index in [0.717, 1.165) is 50.9 Å². The Labute approximate surface area is 142 Å². The Morgan fingerprint density at radius 1 is 1.04 bits per heavy atom. The van der Waals surface area contributed by atoms with Crippen molar-refractivity contribution in [3.8, 4) is 0 Å². The van der Waals surface area contributed by atoms with Crippen LogP contribution in [-0.2, 0) is 16.7 Å². The van der Waals surface area contributed by atoms with Gasteiger partial charge in [-0.1, -0.05) is 32.9 Å². The number of para-hydroxylation sites is 2. The lowest BCUT2D eigenvalue weighted by Gasteiger charge is -2.26. The van der Waals surface area contributed by atoms with Crippen molar-refractivity contribution in [3.05, 3.63) is 36.2 Å². The molecule has 128 valence electrons. The summed E-state index contributed by atoms with van der Waals surface area (Å²) >= 11 is 0. The van der Waals surface area contributed by atoms with E-state index in [4.69, 9.17) is 9.72 Å². The van der Waals surface area contributed by atoms with Crippen LogP contribution in [0.5, 0.6) is 0 Å². The van der Waals surface area contributed by atoms with Gasteiger partial charge in [0.2, 0.25) is 5.78 Å². The maximum atomic E-state index is 5.45. The van der Waals surface area contributed by atoms with E-state index in [1.54, 1.807) is 0 Å². The molecule has 24 heavy (non-hydrogen) atoms. The predicted molar refractivity (Wildman–Crippen MR) is 96.6 cm³/mol. The summed E-state index contributed by atoms with van der Waals surface area (Å²) in [7, 11) is 0. The zero-order valence-corrected chi connectivity index (χ0v) is 14.8. The van der Waals surface area contributed by atoms with Gasteiger partial charge in [0.05, 0.1) is 29.9 Å². The Morgan fingerprint density at radius 3 is 2.46 bits per heavy atom. The quantitative estimate of drug-likeness (QED) is 0.742. The molecule has 5 nitrogen and oxygen atoms in total. The highest BCUT2D eigenvalue weighted by Crippen LogP contribution is 2.26. The summed E-state index contributed by atoms with van der Waals surface area (Å²) in [5, 5.41) is 0. The van der Waals surface area contributed by atoms with Crippen molar-refractivity contribution < 1.29 is 4.74 Å². The van der Waals surface area contributed by atoms with Crippen LogP contribution in [0, 0.1) is 0 Å². The molecule has 0 bridgehead atoms. The average molecular weight is 326 g/mol. The molecule has 0 saturated carbocycles. The highest BCUT2D eigenvalue weighted by molar-refractivity contribution is 5.81. The monoisotopic (exact) mass is 326 g/mol. The van der Waals surface area contributed by atoms with Crippen LogP contribution in [0.3, 0.4) is 0 Å². The summed E-state index contributed by atoms with van der Waals surface area (Å²) in [5.74, 6) is 1.05. The van der Waals surface area contributed by atoms with Crippen molar-refractivity contribution >= 4 is 16.8 Å². The highest BCUT2D eigenvalue weighted by atomic mass is 16.5. The first-order valence-electron chi connectivity index (χ1n) is 8.81. The number of rotatable bonds is 3. The summed E-state index contributed by atoms with van der Waals surface area (Å²) in [4.78, 5) is 7.44. The molecule has 0 radical (unpaired) electrons. The van der Waals surface area contributed by atoms with Gasteiger partial charge in [-0.3, -0.25) is 9.30 Å². The van der Waals surface area contributed by atoms with Gasteiger partial charge in [0, 0.05) is 37.8 Å². The van der Waals surface area contributed by atoms with Crippen molar-refractivity contribution in [2.75, 3.05) is 32.8 Å². The van der Waals surface area contributed by atoms with Crippen molar-refractivity contribution in [3.63, 3.8) is 0 Å². The molecule has 3 heterocycles. The molecule has 2 aromatic heterocycles. The summed E-state index contributed by atoms with van der Waals surface area (Å²) in [6.45, 7) is 12.4. The number of imidazole rings is 2. The second kappa shape index (κ2) is 5.90. The van der Waals surface area contributed by atoms with Crippen molar-refractivity contribution in [2.45, 2.75) is 32.7 Å². The Morgan fingerprint density at radius 2 is 1.75 bits per heavy atom. The first-order valence-corrected chi connectivity index (χ1v) is 8.81. The number of ether oxygens (including phenoxy) is 1. The van der Waals surface area contributed by atoms with E-state index in [1.807, 2.05) is 0 Å². The van der Waals surface area contributed by atoms with Crippen molar-refractivity contribution in [1.82, 2.24) is 18.9 Å². The standard InChI is InChI=1S/C19H26N4O/c1-19(2,3)17-14-23-16-7-5-4-6-15(16)22(18(23)20-17)9-8-21-10-12-24-13-11-21/h4-7,14H,8-13H2,1-3H3. The van der Waals surface area contributed by atoms with Gasteiger partial charge in [-0.05, 0) is 12.1 Å². The van der Waals surface area contributed by atoms with E-state index in [1.165, 1.54) is 11.0 Å². The molecule has 0 aliphatic carbocycles. The summed E-state index contributed by atoms with van der Waals surface area (Å²) < 4.78 is 10.1. The summed E-state index contributed by atoms with van der Waals surface area (Å²) in [6, 6.07) is 8.59. The van der Waals surface area contributed by atoms with Crippen molar-refractivity contribution in [2.24, 2.45) is 0 Å². The van der Waals surface area contributed by atoms with Gasteiger partial charge in [-0.2, -0.15) is 0 Å². The third-order valence-corrected chi connectivity index (χ3v) is 4.87. The van der Waals surface area contributed by atoms with Crippen LogP contribution in [0.4, 0.5) is 0 Å². The zero-order valence-electron chi connectivity index (χ0n) is 14.8. The summed E-state index contributed by atoms with van der Waals surface area (Å²) in [6.07, 6.45) is 2.20. The maximum absolute atomic E-state index is 5.45. The Bertz CT molecular complexity index is 849. The van der Waals surface area contributed by atoms with Crippen LogP contribution in [0.25, 0.3) is 16.8 Å². The van der Waals surface area contributed by atoms with E-state index in [9.17, 15) is 0 Å². The molecule has 0 unspecified atom stereocenters. The van der Waals surface area contributed by atoms with Crippen molar-refractivity contribution in [1.29, 1.82) is 0 Å². The molecule has 0 N–H and O–H groups in total. The molecule has 1 saturated heterocycles. The second-order valence-electron chi connectivity index (χ2n) is 7.64. The topological polar surface area (TPSA) is 34.7 Å². The van der Waals surface area contributed by atoms with Gasteiger partial charge < -0.3 is 9.30 Å². The minimum atomic E-state index is 0.0577. The molecule has 4 rings (SSSR count). The minimum Gasteiger partial charge on any atom is -0.379 e. The normalized spacial score (nSPS) is 17.1. The third kappa shape index (κ3) is 2.72. The molecule has 1 aromatic carbocycles. The maximum Gasteiger partial charge on any atom is 0.215 e. The highest BCUT2D eigenvalue weighted by Gasteiger charge is 2.21. The van der Waals surface area contributed by atoms with Crippen LogP contribution in [0.1, 0.15) is 26.5 Å². The molecule has 0 atom stereocenters. The fourth-order valence-electron chi connectivity index (χ4n) is 3.39. The summed E-state index contributed by atoms with van der Waals surface area (Å²) in [5.41, 5.74) is 3.69. The molecule has 1 aliphatic heterocycles. The predicted octanol–water partition coefficient (Wildman–Crippen LogP) is 2.92. The molecular formula is C19H26N4O. The van der Waals surface area contributed by atoms with E-state index < -0.39 is 0 Å². The molecule has 0 spiro atoms. The molecule has 1 fully saturated rings. The number of fused-ring (bicyclic) bond motifs is 3. The fourth-order valence-corrected chi connectivity index (χ4v) is 3.39. The smallest absolute Gasteiger partial charge is 0.215 e. The largest absolute Gasteiger partial charge is 0.379 e. The van der Waals surface area contributed by atoms with Gasteiger partial charge in [0.25, 0.3) is 0 Å². The lowest BCUT2D eigenvalue weighted by atomic mass is 9.93. The number of morpholine rings is 1. The van der Waals surface area contributed by atoms with Gasteiger partial charge in [0.1, 0.15) is 0 Å². The fraction of sp³-hybridized carbons (Fsp3) is 0.526. The number of benzene rings is 1. The van der Waals surface area contributed by atoms with Gasteiger partial charge >= 0.3 is 0 Å². The lowest BCUT2D eigenvalue weighted by Crippen LogP contribution is -2.38. The van der Waals surface area contributed by atoms with Crippen LogP contribution in [-0.4, -0.2) is 51.7 Å². The molecule has 0 amide bonds. The van der Waals surface area contributed by atoms with Gasteiger partial charge in [-0.25, -0.2) is 4.98 Å². The first-order chi connectivity index (χ1) is 11.5. The number of nitrogens with zero attached hydrogens (tertiary/aromatic N) is 4. The van der Waals surface area contributed by atoms with E-state index in [2.05, 4.69) is 65.1 Å². The molecule has 1 aliphatic rings. The number of aromatic nitrogens is 3. The van der Waals surface area contributed by atoms with E-state index in [-0.39, 0.29) is 5.41 Å². The van der Waals surface area contributed by atoms with Gasteiger partial charge in [-0.15, -0.1) is 0 Å². The van der Waals surface area contributed by atoms with Crippen LogP contribution < -0.4 is 0 Å².